The van der Waals surface area contributed by atoms with E-state index in [1.807, 2.05) is 61.8 Å². The summed E-state index contributed by atoms with van der Waals surface area (Å²) in [6.07, 6.45) is 7.27. The molecule has 3 aromatic heterocycles. The molecule has 0 aliphatic heterocycles. The molecule has 0 spiro atoms. The van der Waals surface area contributed by atoms with E-state index < -0.39 is 0 Å². The van der Waals surface area contributed by atoms with E-state index in [2.05, 4.69) is 26.1 Å². The third kappa shape index (κ3) is 4.66. The summed E-state index contributed by atoms with van der Waals surface area (Å²) in [6, 6.07) is 17.7. The zero-order valence-electron chi connectivity index (χ0n) is 19.0. The molecule has 34 heavy (non-hydrogen) atoms. The molecule has 0 saturated carbocycles. The second-order valence-electron chi connectivity index (χ2n) is 7.86. The number of pyridine rings is 1. The van der Waals surface area contributed by atoms with Crippen LogP contribution in [0.5, 0.6) is 11.5 Å². The Morgan fingerprint density at radius 3 is 2.59 bits per heavy atom. The van der Waals surface area contributed by atoms with Crippen LogP contribution in [-0.4, -0.2) is 39.3 Å². The van der Waals surface area contributed by atoms with Gasteiger partial charge in [0.05, 0.1) is 18.8 Å². The van der Waals surface area contributed by atoms with Crippen molar-refractivity contribution >= 4 is 16.7 Å². The first-order valence-corrected chi connectivity index (χ1v) is 10.9. The number of ether oxygens (including phenoxy) is 2. The van der Waals surface area contributed by atoms with Crippen LogP contribution in [0.2, 0.25) is 0 Å². The van der Waals surface area contributed by atoms with Crippen LogP contribution in [0.3, 0.4) is 0 Å². The van der Waals surface area contributed by atoms with Crippen LogP contribution >= 0.6 is 0 Å². The smallest absolute Gasteiger partial charge is 0.168 e. The Labute approximate surface area is 197 Å². The first-order valence-electron chi connectivity index (χ1n) is 10.9. The van der Waals surface area contributed by atoms with Crippen molar-refractivity contribution in [2.24, 2.45) is 0 Å². The maximum absolute atomic E-state index is 5.97. The quantitative estimate of drug-likeness (QED) is 0.367. The lowest BCUT2D eigenvalue weighted by molar-refractivity contribution is 0.294. The van der Waals surface area contributed by atoms with Crippen molar-refractivity contribution in [3.63, 3.8) is 0 Å². The minimum atomic E-state index is 0.239. The number of aromatic nitrogens is 5. The van der Waals surface area contributed by atoms with Gasteiger partial charge in [0.2, 0.25) is 0 Å². The topological polar surface area (TPSA) is 89.0 Å². The van der Waals surface area contributed by atoms with Gasteiger partial charge in [0.15, 0.2) is 5.82 Å². The van der Waals surface area contributed by atoms with Crippen molar-refractivity contribution in [2.75, 3.05) is 19.1 Å². The van der Waals surface area contributed by atoms with Gasteiger partial charge in [0.1, 0.15) is 23.9 Å². The second-order valence-corrected chi connectivity index (χ2v) is 7.86. The third-order valence-corrected chi connectivity index (χ3v) is 5.49. The average Bonchev–Trinajstić information content (AvgIpc) is 3.42. The summed E-state index contributed by atoms with van der Waals surface area (Å²) in [4.78, 5) is 15.9. The summed E-state index contributed by atoms with van der Waals surface area (Å²) in [7, 11) is 3.66. The first-order chi connectivity index (χ1) is 16.7. The van der Waals surface area contributed by atoms with Crippen LogP contribution < -0.4 is 14.4 Å². The molecular formula is C26H24N6O2. The van der Waals surface area contributed by atoms with Crippen molar-refractivity contribution in [3.8, 4) is 22.6 Å². The van der Waals surface area contributed by atoms with E-state index >= 15 is 0 Å². The molecule has 0 unspecified atom stereocenters. The number of methoxy groups -OCH3 is 1. The van der Waals surface area contributed by atoms with Crippen LogP contribution in [0.15, 0.2) is 79.4 Å². The highest BCUT2D eigenvalue weighted by atomic mass is 16.5. The number of hydrogen-bond donors (Lipinski definition) is 1. The molecule has 1 N–H and O–H groups in total. The highest BCUT2D eigenvalue weighted by Crippen LogP contribution is 2.30. The van der Waals surface area contributed by atoms with Gasteiger partial charge in [-0.3, -0.25) is 10.1 Å². The Hall–Kier alpha value is -4.46. The minimum Gasteiger partial charge on any atom is -0.497 e. The molecule has 0 aliphatic carbocycles. The number of nitrogens with one attached hydrogen (secondary N) is 1. The number of hydrogen-bond acceptors (Lipinski definition) is 7. The maximum Gasteiger partial charge on any atom is 0.168 e. The number of H-pyrrole nitrogens is 1. The van der Waals surface area contributed by atoms with Gasteiger partial charge >= 0.3 is 0 Å². The number of nitrogens with zero attached hydrogens (tertiary/aromatic N) is 5. The summed E-state index contributed by atoms with van der Waals surface area (Å²) in [6.45, 7) is 0.920. The van der Waals surface area contributed by atoms with Crippen molar-refractivity contribution < 1.29 is 9.47 Å². The molecule has 3 heterocycles. The molecule has 8 nitrogen and oxygen atoms in total. The van der Waals surface area contributed by atoms with E-state index in [4.69, 9.17) is 19.4 Å². The molecule has 0 saturated heterocycles. The number of benzene rings is 2. The number of aromatic amines is 1. The molecule has 0 aliphatic rings. The second kappa shape index (κ2) is 9.58. The number of fused-ring (bicyclic) bond motifs is 1. The van der Waals surface area contributed by atoms with Gasteiger partial charge in [-0.15, -0.1) is 0 Å². The zero-order chi connectivity index (χ0) is 23.3. The lowest BCUT2D eigenvalue weighted by Crippen LogP contribution is -2.19. The molecule has 0 atom stereocenters. The fraction of sp³-hybridized carbons (Fsp3) is 0.154. The van der Waals surface area contributed by atoms with Gasteiger partial charge in [-0.2, -0.15) is 5.10 Å². The van der Waals surface area contributed by atoms with Crippen LogP contribution in [0.1, 0.15) is 11.4 Å². The van der Waals surface area contributed by atoms with E-state index in [0.717, 1.165) is 39.2 Å². The van der Waals surface area contributed by atoms with Gasteiger partial charge in [-0.25, -0.2) is 9.97 Å². The number of rotatable bonds is 8. The normalized spacial score (nSPS) is 10.9. The molecular weight excluding hydrogens is 428 g/mol. The Balaban J connectivity index is 1.51. The monoisotopic (exact) mass is 452 g/mol. The van der Waals surface area contributed by atoms with Crippen molar-refractivity contribution in [2.45, 2.75) is 13.2 Å². The third-order valence-electron chi connectivity index (χ3n) is 5.49. The highest BCUT2D eigenvalue weighted by molar-refractivity contribution is 5.93. The Bertz CT molecular complexity index is 1390. The molecule has 5 aromatic rings. The fourth-order valence-corrected chi connectivity index (χ4v) is 3.78. The Kier molecular flexibility index (Phi) is 6.03. The van der Waals surface area contributed by atoms with Gasteiger partial charge in [-0.05, 0) is 47.5 Å². The van der Waals surface area contributed by atoms with E-state index in [9.17, 15) is 0 Å². The van der Waals surface area contributed by atoms with Crippen molar-refractivity contribution in [1.82, 2.24) is 25.1 Å². The molecule has 8 heteroatoms. The van der Waals surface area contributed by atoms with Crippen LogP contribution in [-0.2, 0) is 13.2 Å². The summed E-state index contributed by atoms with van der Waals surface area (Å²) < 4.78 is 11.3. The molecule has 170 valence electrons. The van der Waals surface area contributed by atoms with E-state index in [1.165, 1.54) is 0 Å². The van der Waals surface area contributed by atoms with Gasteiger partial charge < -0.3 is 14.4 Å². The average molecular weight is 453 g/mol. The van der Waals surface area contributed by atoms with Crippen LogP contribution in [0.25, 0.3) is 22.0 Å². The largest absolute Gasteiger partial charge is 0.497 e. The molecule has 0 radical (unpaired) electrons. The van der Waals surface area contributed by atoms with E-state index in [-0.39, 0.29) is 6.61 Å². The van der Waals surface area contributed by atoms with Crippen LogP contribution in [0.4, 0.5) is 5.82 Å². The Morgan fingerprint density at radius 1 is 0.941 bits per heavy atom. The maximum atomic E-state index is 5.97. The Morgan fingerprint density at radius 2 is 1.79 bits per heavy atom. The van der Waals surface area contributed by atoms with Crippen LogP contribution in [0, 0.1) is 0 Å². The molecule has 5 rings (SSSR count). The zero-order valence-corrected chi connectivity index (χ0v) is 19.0. The van der Waals surface area contributed by atoms with Crippen molar-refractivity contribution in [1.29, 1.82) is 0 Å². The highest BCUT2D eigenvalue weighted by Gasteiger charge is 2.14. The lowest BCUT2D eigenvalue weighted by atomic mass is 10.1. The lowest BCUT2D eigenvalue weighted by Gasteiger charge is -2.21. The fourth-order valence-electron chi connectivity index (χ4n) is 3.78. The standard InChI is InChI=1S/C26H24N6O2/c1-32(16-18-8-10-27-11-9-18)26-23-12-19(20-14-28-29-15-20)6-7-24(23)30-25(31-26)17-34-22-5-3-4-21(13-22)33-2/h3-15H,16-17H2,1-2H3,(H,28,29). The van der Waals surface area contributed by atoms with Crippen molar-refractivity contribution in [3.05, 3.63) is 90.8 Å². The minimum absolute atomic E-state index is 0.239. The SMILES string of the molecule is COc1cccc(OCc2nc(N(C)Cc3ccncc3)c3cc(-c4cn[nH]c4)ccc3n2)c1. The van der Waals surface area contributed by atoms with Gasteiger partial charge in [-0.1, -0.05) is 12.1 Å². The van der Waals surface area contributed by atoms with E-state index in [0.29, 0.717) is 18.1 Å². The molecule has 0 amide bonds. The predicted molar refractivity (Wildman–Crippen MR) is 131 cm³/mol. The summed E-state index contributed by atoms with van der Waals surface area (Å²) in [5, 5.41) is 7.91. The predicted octanol–water partition coefficient (Wildman–Crippen LogP) is 4.64. The molecule has 0 bridgehead atoms. The summed E-state index contributed by atoms with van der Waals surface area (Å²) in [5.41, 5.74) is 4.05. The number of anilines is 1. The molecule has 2 aromatic carbocycles. The van der Waals surface area contributed by atoms with Gasteiger partial charge in [0, 0.05) is 49.2 Å². The van der Waals surface area contributed by atoms with Gasteiger partial charge in [0.25, 0.3) is 0 Å². The van der Waals surface area contributed by atoms with E-state index in [1.54, 1.807) is 25.7 Å². The summed E-state index contributed by atoms with van der Waals surface area (Å²) >= 11 is 0. The first kappa shape index (κ1) is 21.4. The summed E-state index contributed by atoms with van der Waals surface area (Å²) in [5.74, 6) is 2.87. The molecule has 0 fully saturated rings.